The average molecular weight is 379 g/mol. The van der Waals surface area contributed by atoms with Crippen LogP contribution < -0.4 is 10.6 Å². The molecule has 0 radical (unpaired) electrons. The van der Waals surface area contributed by atoms with Crippen LogP contribution in [0, 0.1) is 6.92 Å². The highest BCUT2D eigenvalue weighted by molar-refractivity contribution is 6.31. The molecule has 1 aromatic rings. The lowest BCUT2D eigenvalue weighted by Gasteiger charge is -2.44. The highest BCUT2D eigenvalue weighted by Crippen LogP contribution is 2.30. The standard InChI is InChI=1S/C19H27ClN4O2/c1-14-12-15(4-5-16(14)20)22-17(25)13-24-10-6-19(7-11-24)18(26)21-8-3-9-23(19)2/h4-5,12H,3,6-11,13H2,1-2H3,(H,21,26)(H,22,25). The van der Waals surface area contributed by atoms with Crippen molar-refractivity contribution < 1.29 is 9.59 Å². The van der Waals surface area contributed by atoms with Gasteiger partial charge in [0.1, 0.15) is 5.54 Å². The maximum Gasteiger partial charge on any atom is 0.240 e. The molecule has 6 nitrogen and oxygen atoms in total. The fraction of sp³-hybridized carbons (Fsp3) is 0.579. The Bertz CT molecular complexity index is 686. The van der Waals surface area contributed by atoms with Gasteiger partial charge in [-0.2, -0.15) is 0 Å². The Morgan fingerprint density at radius 1 is 1.31 bits per heavy atom. The summed E-state index contributed by atoms with van der Waals surface area (Å²) in [5.41, 5.74) is 1.27. The summed E-state index contributed by atoms with van der Waals surface area (Å²) in [7, 11) is 2.04. The van der Waals surface area contributed by atoms with Gasteiger partial charge in [-0.15, -0.1) is 0 Å². The van der Waals surface area contributed by atoms with E-state index < -0.39 is 5.54 Å². The molecule has 2 amide bonds. The largest absolute Gasteiger partial charge is 0.354 e. The van der Waals surface area contributed by atoms with Crippen molar-refractivity contribution in [2.45, 2.75) is 31.7 Å². The number of hydrogen-bond acceptors (Lipinski definition) is 4. The number of likely N-dealkylation sites (tertiary alicyclic amines) is 1. The van der Waals surface area contributed by atoms with Crippen molar-refractivity contribution >= 4 is 29.1 Å². The number of likely N-dealkylation sites (N-methyl/N-ethyl adjacent to an activating group) is 1. The van der Waals surface area contributed by atoms with E-state index in [1.807, 2.05) is 26.1 Å². The molecule has 0 aromatic heterocycles. The van der Waals surface area contributed by atoms with Gasteiger partial charge in [-0.05, 0) is 57.0 Å². The van der Waals surface area contributed by atoms with E-state index in [1.54, 1.807) is 6.07 Å². The van der Waals surface area contributed by atoms with E-state index in [-0.39, 0.29) is 11.8 Å². The van der Waals surface area contributed by atoms with E-state index in [0.29, 0.717) is 11.6 Å². The summed E-state index contributed by atoms with van der Waals surface area (Å²) >= 11 is 6.02. The molecule has 0 aliphatic carbocycles. The Labute approximate surface area is 159 Å². The Kier molecular flexibility index (Phi) is 5.85. The first-order valence-corrected chi connectivity index (χ1v) is 9.56. The summed E-state index contributed by atoms with van der Waals surface area (Å²) < 4.78 is 0. The first-order valence-electron chi connectivity index (χ1n) is 9.19. The average Bonchev–Trinajstić information content (AvgIpc) is 2.74. The van der Waals surface area contributed by atoms with Gasteiger partial charge >= 0.3 is 0 Å². The fourth-order valence-corrected chi connectivity index (χ4v) is 4.00. The smallest absolute Gasteiger partial charge is 0.240 e. The van der Waals surface area contributed by atoms with Crippen molar-refractivity contribution in [1.29, 1.82) is 0 Å². The maximum atomic E-state index is 12.6. The number of rotatable bonds is 3. The molecule has 26 heavy (non-hydrogen) atoms. The Morgan fingerprint density at radius 3 is 2.73 bits per heavy atom. The molecule has 0 atom stereocenters. The number of halogens is 1. The molecule has 3 rings (SSSR count). The lowest BCUT2D eigenvalue weighted by molar-refractivity contribution is -0.135. The zero-order chi connectivity index (χ0) is 18.7. The van der Waals surface area contributed by atoms with Crippen LogP contribution in [0.1, 0.15) is 24.8 Å². The second-order valence-electron chi connectivity index (χ2n) is 7.35. The number of anilines is 1. The second-order valence-corrected chi connectivity index (χ2v) is 7.76. The van der Waals surface area contributed by atoms with Crippen molar-refractivity contribution in [2.75, 3.05) is 45.1 Å². The molecule has 0 saturated carbocycles. The molecular formula is C19H27ClN4O2. The summed E-state index contributed by atoms with van der Waals surface area (Å²) in [4.78, 5) is 29.2. The highest BCUT2D eigenvalue weighted by Gasteiger charge is 2.45. The third-order valence-electron chi connectivity index (χ3n) is 5.60. The van der Waals surface area contributed by atoms with Crippen molar-refractivity contribution in [3.8, 4) is 0 Å². The predicted molar refractivity (Wildman–Crippen MR) is 103 cm³/mol. The number of amides is 2. The molecule has 0 bridgehead atoms. The lowest BCUT2D eigenvalue weighted by atomic mass is 9.85. The third-order valence-corrected chi connectivity index (χ3v) is 6.03. The van der Waals surface area contributed by atoms with Crippen LogP contribution in [0.15, 0.2) is 18.2 Å². The molecule has 1 aromatic carbocycles. The Balaban J connectivity index is 1.55. The first-order chi connectivity index (χ1) is 12.4. The lowest BCUT2D eigenvalue weighted by Crippen LogP contribution is -2.61. The minimum atomic E-state index is -0.420. The number of nitrogens with one attached hydrogen (secondary N) is 2. The minimum absolute atomic E-state index is 0.0404. The van der Waals surface area contributed by atoms with Crippen LogP contribution in [0.2, 0.25) is 5.02 Å². The summed E-state index contributed by atoms with van der Waals surface area (Å²) in [6.07, 6.45) is 2.49. The number of benzene rings is 1. The molecule has 1 spiro atoms. The molecule has 2 fully saturated rings. The molecule has 0 unspecified atom stereocenters. The quantitative estimate of drug-likeness (QED) is 0.842. The molecular weight excluding hydrogens is 352 g/mol. The van der Waals surface area contributed by atoms with Gasteiger partial charge in [-0.3, -0.25) is 19.4 Å². The predicted octanol–water partition coefficient (Wildman–Crippen LogP) is 1.87. The Morgan fingerprint density at radius 2 is 2.04 bits per heavy atom. The van der Waals surface area contributed by atoms with E-state index in [4.69, 9.17) is 11.6 Å². The van der Waals surface area contributed by atoms with Crippen molar-refractivity contribution in [1.82, 2.24) is 15.1 Å². The van der Waals surface area contributed by atoms with Gasteiger partial charge < -0.3 is 10.6 Å². The number of carbonyl (C=O) groups is 2. The van der Waals surface area contributed by atoms with E-state index in [2.05, 4.69) is 20.4 Å². The summed E-state index contributed by atoms with van der Waals surface area (Å²) in [5.74, 6) is 0.0968. The van der Waals surface area contributed by atoms with E-state index in [0.717, 1.165) is 56.7 Å². The Hall–Kier alpha value is -1.63. The van der Waals surface area contributed by atoms with Gasteiger partial charge in [-0.25, -0.2) is 0 Å². The van der Waals surface area contributed by atoms with Crippen LogP contribution in [-0.2, 0) is 9.59 Å². The SMILES string of the molecule is Cc1cc(NC(=O)CN2CCC3(CC2)C(=O)NCCCN3C)ccc1Cl. The number of piperidine rings is 1. The van der Waals surface area contributed by atoms with E-state index in [1.165, 1.54) is 0 Å². The number of carbonyl (C=O) groups excluding carboxylic acids is 2. The fourth-order valence-electron chi connectivity index (χ4n) is 3.89. The number of aryl methyl sites for hydroxylation is 1. The van der Waals surface area contributed by atoms with Gasteiger partial charge in [0.25, 0.3) is 0 Å². The van der Waals surface area contributed by atoms with Gasteiger partial charge in [-0.1, -0.05) is 11.6 Å². The van der Waals surface area contributed by atoms with Crippen molar-refractivity contribution in [3.05, 3.63) is 28.8 Å². The number of nitrogens with zero attached hydrogens (tertiary/aromatic N) is 2. The molecule has 7 heteroatoms. The molecule has 2 aliphatic heterocycles. The van der Waals surface area contributed by atoms with Gasteiger partial charge in [0.2, 0.25) is 11.8 Å². The van der Waals surface area contributed by atoms with Crippen LogP contribution in [0.3, 0.4) is 0 Å². The van der Waals surface area contributed by atoms with E-state index in [9.17, 15) is 9.59 Å². The van der Waals surface area contributed by atoms with Crippen LogP contribution in [0.4, 0.5) is 5.69 Å². The van der Waals surface area contributed by atoms with E-state index >= 15 is 0 Å². The molecule has 2 N–H and O–H groups in total. The molecule has 2 saturated heterocycles. The van der Waals surface area contributed by atoms with Crippen LogP contribution >= 0.6 is 11.6 Å². The molecule has 142 valence electrons. The van der Waals surface area contributed by atoms with Crippen LogP contribution in [-0.4, -0.2) is 66.9 Å². The van der Waals surface area contributed by atoms with Gasteiger partial charge in [0, 0.05) is 36.9 Å². The summed E-state index contributed by atoms with van der Waals surface area (Å²) in [6.45, 7) is 5.40. The first kappa shape index (κ1) is 19.1. The minimum Gasteiger partial charge on any atom is -0.354 e. The molecule has 2 heterocycles. The summed E-state index contributed by atoms with van der Waals surface area (Å²) in [6, 6.07) is 5.47. The zero-order valence-corrected chi connectivity index (χ0v) is 16.2. The van der Waals surface area contributed by atoms with Crippen molar-refractivity contribution in [2.24, 2.45) is 0 Å². The maximum absolute atomic E-state index is 12.6. The second kappa shape index (κ2) is 7.94. The summed E-state index contributed by atoms with van der Waals surface area (Å²) in [5, 5.41) is 6.66. The van der Waals surface area contributed by atoms with Crippen LogP contribution in [0.5, 0.6) is 0 Å². The van der Waals surface area contributed by atoms with Gasteiger partial charge in [0.15, 0.2) is 0 Å². The zero-order valence-electron chi connectivity index (χ0n) is 15.5. The highest BCUT2D eigenvalue weighted by atomic mass is 35.5. The third kappa shape index (κ3) is 4.03. The molecule has 2 aliphatic rings. The van der Waals surface area contributed by atoms with Crippen LogP contribution in [0.25, 0.3) is 0 Å². The van der Waals surface area contributed by atoms with Crippen molar-refractivity contribution in [3.63, 3.8) is 0 Å². The monoisotopic (exact) mass is 378 g/mol. The number of hydrogen-bond donors (Lipinski definition) is 2. The topological polar surface area (TPSA) is 64.7 Å². The van der Waals surface area contributed by atoms with Gasteiger partial charge in [0.05, 0.1) is 6.54 Å². The normalized spacial score (nSPS) is 21.3.